The van der Waals surface area contributed by atoms with Crippen molar-refractivity contribution in [1.29, 1.82) is 0 Å². The number of carbonyl (C=O) groups is 2. The largest absolute Gasteiger partial charge is 0.339 e. The normalized spacial score (nSPS) is 15.3. The van der Waals surface area contributed by atoms with Crippen LogP contribution in [0, 0.1) is 13.8 Å². The number of thioether (sulfide) groups is 1. The first-order valence-corrected chi connectivity index (χ1v) is 15.2. The van der Waals surface area contributed by atoms with Crippen LogP contribution >= 0.6 is 23.4 Å². The van der Waals surface area contributed by atoms with E-state index in [2.05, 4.69) is 77.1 Å². The summed E-state index contributed by atoms with van der Waals surface area (Å²) in [5.74, 6) is 1.61. The van der Waals surface area contributed by atoms with Gasteiger partial charge in [0.1, 0.15) is 0 Å². The van der Waals surface area contributed by atoms with Crippen molar-refractivity contribution in [3.63, 3.8) is 0 Å². The Balaban J connectivity index is 1.18. The molecule has 9 heteroatoms. The summed E-state index contributed by atoms with van der Waals surface area (Å²) in [4.78, 5) is 29.7. The molecule has 41 heavy (non-hydrogen) atoms. The smallest absolute Gasteiger partial charge is 0.254 e. The Morgan fingerprint density at radius 1 is 0.951 bits per heavy atom. The molecule has 2 amide bonds. The molecule has 7 nitrogen and oxygen atoms in total. The minimum Gasteiger partial charge on any atom is -0.339 e. The zero-order chi connectivity index (χ0) is 28.9. The van der Waals surface area contributed by atoms with Gasteiger partial charge in [-0.2, -0.15) is 0 Å². The molecule has 1 saturated heterocycles. The summed E-state index contributed by atoms with van der Waals surface area (Å²) in [5.41, 5.74) is 4.97. The van der Waals surface area contributed by atoms with Crippen molar-refractivity contribution in [3.8, 4) is 17.1 Å². The van der Waals surface area contributed by atoms with Crippen LogP contribution in [0.2, 0.25) is 5.02 Å². The molecule has 3 aromatic carbocycles. The van der Waals surface area contributed by atoms with Crippen LogP contribution in [-0.4, -0.2) is 67.8 Å². The molecule has 0 radical (unpaired) electrons. The van der Waals surface area contributed by atoms with Gasteiger partial charge in [0.25, 0.3) is 5.91 Å². The maximum Gasteiger partial charge on any atom is 0.254 e. The van der Waals surface area contributed by atoms with E-state index in [1.165, 1.54) is 11.1 Å². The summed E-state index contributed by atoms with van der Waals surface area (Å²) < 4.78 is 2.09. The molecule has 2 heterocycles. The molecule has 0 saturated carbocycles. The number of benzene rings is 3. The number of carbonyl (C=O) groups excluding carboxylic acids is 2. The van der Waals surface area contributed by atoms with Gasteiger partial charge in [0.05, 0.1) is 0 Å². The monoisotopic (exact) mass is 587 g/mol. The molecule has 0 aliphatic carbocycles. The molecule has 1 atom stereocenters. The standard InChI is InChI=1S/C32H34ClN5O2S/c1-22-9-13-25(14-10-22)30-34-35-32(38(30)28-15-11-23(2)12-16-28)41-19-5-8-29(39)36-17-18-37(24(3)21-36)31(40)26-6-4-7-27(33)20-26/h4,6-7,9-16,20,24H,5,8,17-19,21H2,1-3H3. The Morgan fingerprint density at radius 2 is 1.66 bits per heavy atom. The second-order valence-corrected chi connectivity index (χ2v) is 12.0. The molecule has 0 N–H and O–H groups in total. The number of aryl methyl sites for hydroxylation is 2. The van der Waals surface area contributed by atoms with Crippen LogP contribution in [0.25, 0.3) is 17.1 Å². The maximum atomic E-state index is 13.0. The van der Waals surface area contributed by atoms with Crippen LogP contribution in [-0.2, 0) is 4.79 Å². The second-order valence-electron chi connectivity index (χ2n) is 10.5. The average Bonchev–Trinajstić information content (AvgIpc) is 3.39. The van der Waals surface area contributed by atoms with E-state index in [-0.39, 0.29) is 17.9 Å². The highest BCUT2D eigenvalue weighted by atomic mass is 35.5. The van der Waals surface area contributed by atoms with E-state index in [9.17, 15) is 9.59 Å². The van der Waals surface area contributed by atoms with E-state index in [1.54, 1.807) is 36.0 Å². The fourth-order valence-corrected chi connectivity index (χ4v) is 6.08. The zero-order valence-corrected chi connectivity index (χ0v) is 25.2. The molecule has 1 aliphatic heterocycles. The van der Waals surface area contributed by atoms with Crippen molar-refractivity contribution >= 4 is 35.2 Å². The van der Waals surface area contributed by atoms with Crippen LogP contribution in [0.15, 0.2) is 78.0 Å². The number of rotatable bonds is 8. The molecule has 1 aromatic heterocycles. The number of hydrogen-bond donors (Lipinski definition) is 0. The summed E-state index contributed by atoms with van der Waals surface area (Å²) >= 11 is 7.69. The van der Waals surface area contributed by atoms with E-state index in [1.807, 2.05) is 16.7 Å². The van der Waals surface area contributed by atoms with Crippen LogP contribution < -0.4 is 0 Å². The Hall–Kier alpha value is -3.62. The highest BCUT2D eigenvalue weighted by Crippen LogP contribution is 2.29. The minimum absolute atomic E-state index is 0.0498. The molecular formula is C32H34ClN5O2S. The van der Waals surface area contributed by atoms with E-state index in [4.69, 9.17) is 11.6 Å². The van der Waals surface area contributed by atoms with Crippen molar-refractivity contribution in [3.05, 3.63) is 94.5 Å². The average molecular weight is 588 g/mol. The van der Waals surface area contributed by atoms with Gasteiger partial charge in [-0.15, -0.1) is 10.2 Å². The fourth-order valence-electron chi connectivity index (χ4n) is 5.00. The highest BCUT2D eigenvalue weighted by Gasteiger charge is 2.30. The van der Waals surface area contributed by atoms with E-state index >= 15 is 0 Å². The van der Waals surface area contributed by atoms with E-state index in [0.29, 0.717) is 36.6 Å². The first-order chi connectivity index (χ1) is 19.8. The fraction of sp³-hybridized carbons (Fsp3) is 0.312. The van der Waals surface area contributed by atoms with Gasteiger partial charge in [0, 0.05) is 59.7 Å². The first kappa shape index (κ1) is 28.9. The van der Waals surface area contributed by atoms with Crippen molar-refractivity contribution in [2.24, 2.45) is 0 Å². The maximum absolute atomic E-state index is 13.0. The minimum atomic E-state index is -0.0678. The molecule has 0 bridgehead atoms. The summed E-state index contributed by atoms with van der Waals surface area (Å²) in [6.07, 6.45) is 1.17. The Kier molecular flexibility index (Phi) is 9.10. The molecule has 5 rings (SSSR count). The van der Waals surface area contributed by atoms with Gasteiger partial charge < -0.3 is 9.80 Å². The SMILES string of the molecule is Cc1ccc(-c2nnc(SCCCC(=O)N3CCN(C(=O)c4cccc(Cl)c4)C(C)C3)n2-c2ccc(C)cc2)cc1. The van der Waals surface area contributed by atoms with Crippen LogP contribution in [0.3, 0.4) is 0 Å². The highest BCUT2D eigenvalue weighted by molar-refractivity contribution is 7.99. The Labute approximate surface area is 250 Å². The number of hydrogen-bond acceptors (Lipinski definition) is 5. The third-order valence-electron chi connectivity index (χ3n) is 7.31. The molecule has 1 unspecified atom stereocenters. The first-order valence-electron chi connectivity index (χ1n) is 13.9. The molecule has 0 spiro atoms. The summed E-state index contributed by atoms with van der Waals surface area (Å²) in [7, 11) is 0. The van der Waals surface area contributed by atoms with Crippen LogP contribution in [0.5, 0.6) is 0 Å². The Morgan fingerprint density at radius 3 is 2.34 bits per heavy atom. The lowest BCUT2D eigenvalue weighted by molar-refractivity contribution is -0.133. The number of amides is 2. The number of piperazine rings is 1. The van der Waals surface area contributed by atoms with Crippen LogP contribution in [0.1, 0.15) is 41.3 Å². The van der Waals surface area contributed by atoms with Crippen molar-refractivity contribution in [2.45, 2.75) is 44.8 Å². The number of aromatic nitrogens is 3. The summed E-state index contributed by atoms with van der Waals surface area (Å²) in [6.45, 7) is 7.69. The van der Waals surface area contributed by atoms with Crippen molar-refractivity contribution in [2.75, 3.05) is 25.4 Å². The topological polar surface area (TPSA) is 71.3 Å². The lowest BCUT2D eigenvalue weighted by Crippen LogP contribution is -2.55. The van der Waals surface area contributed by atoms with Crippen molar-refractivity contribution < 1.29 is 9.59 Å². The molecular weight excluding hydrogens is 554 g/mol. The van der Waals surface area contributed by atoms with E-state index in [0.717, 1.165) is 34.4 Å². The zero-order valence-electron chi connectivity index (χ0n) is 23.6. The summed E-state index contributed by atoms with van der Waals surface area (Å²) in [5, 5.41) is 10.4. The van der Waals surface area contributed by atoms with Gasteiger partial charge in [-0.1, -0.05) is 77.0 Å². The van der Waals surface area contributed by atoms with Crippen LogP contribution in [0.4, 0.5) is 0 Å². The molecule has 1 aliphatic rings. The van der Waals surface area contributed by atoms with Gasteiger partial charge in [-0.25, -0.2) is 0 Å². The number of halogens is 1. The quantitative estimate of drug-likeness (QED) is 0.175. The van der Waals surface area contributed by atoms with Gasteiger partial charge >= 0.3 is 0 Å². The Bertz CT molecular complexity index is 1520. The summed E-state index contributed by atoms with van der Waals surface area (Å²) in [6, 6.07) is 23.6. The van der Waals surface area contributed by atoms with E-state index < -0.39 is 0 Å². The van der Waals surface area contributed by atoms with Gasteiger partial charge in [-0.05, 0) is 57.5 Å². The molecule has 1 fully saturated rings. The van der Waals surface area contributed by atoms with Gasteiger partial charge in [0.2, 0.25) is 5.91 Å². The molecule has 212 valence electrons. The lowest BCUT2D eigenvalue weighted by atomic mass is 10.1. The van der Waals surface area contributed by atoms with Gasteiger partial charge in [-0.3, -0.25) is 14.2 Å². The third-order valence-corrected chi connectivity index (χ3v) is 8.56. The second kappa shape index (κ2) is 12.9. The predicted molar refractivity (Wildman–Crippen MR) is 165 cm³/mol. The third kappa shape index (κ3) is 6.82. The number of nitrogens with zero attached hydrogens (tertiary/aromatic N) is 5. The lowest BCUT2D eigenvalue weighted by Gasteiger charge is -2.40. The van der Waals surface area contributed by atoms with Gasteiger partial charge in [0.15, 0.2) is 11.0 Å². The predicted octanol–water partition coefficient (Wildman–Crippen LogP) is 6.45. The molecule has 4 aromatic rings. The van der Waals surface area contributed by atoms with Crippen molar-refractivity contribution in [1.82, 2.24) is 24.6 Å².